The molecule has 0 saturated carbocycles. The maximum Gasteiger partial charge on any atom is 0.341 e. The summed E-state index contributed by atoms with van der Waals surface area (Å²) in [7, 11) is 1.39. The van der Waals surface area contributed by atoms with E-state index in [0.717, 1.165) is 12.3 Å². The van der Waals surface area contributed by atoms with Crippen LogP contribution >= 0.6 is 0 Å². The predicted octanol–water partition coefficient (Wildman–Crippen LogP) is 1.94. The number of nitrogens with one attached hydrogen (secondary N) is 1. The van der Waals surface area contributed by atoms with Gasteiger partial charge in [-0.05, 0) is 17.9 Å². The molecule has 2 heterocycles. The Balaban J connectivity index is 2.22. The molecule has 3 rings (SSSR count). The molecule has 0 radical (unpaired) electrons. The van der Waals surface area contributed by atoms with Gasteiger partial charge in [-0.15, -0.1) is 0 Å². The van der Waals surface area contributed by atoms with Gasteiger partial charge in [0.15, 0.2) is 11.6 Å². The average Bonchev–Trinajstić information content (AvgIpc) is 2.56. The molecule has 8 heteroatoms. The molecule has 1 aliphatic heterocycles. The van der Waals surface area contributed by atoms with Crippen molar-refractivity contribution in [3.8, 4) is 5.75 Å². The molecular formula is C18H22FN3O4. The maximum atomic E-state index is 15.0. The Bertz CT molecular complexity index is 938. The molecule has 1 aromatic carbocycles. The highest BCUT2D eigenvalue weighted by molar-refractivity contribution is 5.96. The summed E-state index contributed by atoms with van der Waals surface area (Å²) in [6.45, 7) is 5.14. The Hall–Kier alpha value is -2.61. The minimum atomic E-state index is -1.37. The second-order valence-electron chi connectivity index (χ2n) is 7.30. The number of aromatic nitrogens is 1. The van der Waals surface area contributed by atoms with Crippen molar-refractivity contribution < 1.29 is 19.0 Å². The van der Waals surface area contributed by atoms with Gasteiger partial charge in [0.25, 0.3) is 0 Å². The van der Waals surface area contributed by atoms with E-state index in [0.29, 0.717) is 19.5 Å². The number of nitrogens with two attached hydrogens (primary N) is 1. The molecule has 26 heavy (non-hydrogen) atoms. The van der Waals surface area contributed by atoms with Crippen molar-refractivity contribution in [2.24, 2.45) is 11.1 Å². The summed E-state index contributed by atoms with van der Waals surface area (Å²) < 4.78 is 20.4. The third kappa shape index (κ3) is 2.80. The van der Waals surface area contributed by atoms with Gasteiger partial charge in [0.05, 0.1) is 18.0 Å². The highest BCUT2D eigenvalue weighted by Crippen LogP contribution is 2.40. The number of carboxylic acids is 1. The van der Waals surface area contributed by atoms with Crippen molar-refractivity contribution in [3.05, 3.63) is 33.9 Å². The fourth-order valence-electron chi connectivity index (χ4n) is 3.51. The van der Waals surface area contributed by atoms with Gasteiger partial charge < -0.3 is 25.5 Å². The van der Waals surface area contributed by atoms with Crippen LogP contribution in [0, 0.1) is 11.2 Å². The number of hydrogen-bond donors (Lipinski definition) is 3. The summed E-state index contributed by atoms with van der Waals surface area (Å²) in [4.78, 5) is 28.2. The number of H-pyrrole nitrogens is 1. The number of ether oxygens (including phenoxy) is 1. The largest absolute Gasteiger partial charge is 0.492 e. The van der Waals surface area contributed by atoms with Gasteiger partial charge in [-0.2, -0.15) is 0 Å². The standard InChI is InChI=1S/C18H22FN3O4/c1-18(2)8-22(5-4-12(18)20)14-11(19)6-9-13(16(14)26-3)21-7-10(15(9)23)17(24)25/h6-7,12H,4-5,8,20H2,1-3H3,(H,21,23)(H,24,25). The first-order valence-electron chi connectivity index (χ1n) is 8.33. The number of hydrogen-bond acceptors (Lipinski definition) is 5. The number of methoxy groups -OCH3 is 1. The van der Waals surface area contributed by atoms with E-state index in [1.807, 2.05) is 18.7 Å². The predicted molar refractivity (Wildman–Crippen MR) is 96.6 cm³/mol. The van der Waals surface area contributed by atoms with Crippen molar-refractivity contribution in [2.75, 3.05) is 25.1 Å². The van der Waals surface area contributed by atoms with Crippen LogP contribution in [0.5, 0.6) is 5.75 Å². The number of aromatic amines is 1. The number of halogens is 1. The number of benzene rings is 1. The second kappa shape index (κ2) is 6.28. The molecule has 0 amide bonds. The molecule has 1 unspecified atom stereocenters. The van der Waals surface area contributed by atoms with Crippen LogP contribution in [-0.2, 0) is 0 Å². The van der Waals surface area contributed by atoms with Crippen molar-refractivity contribution >= 4 is 22.6 Å². The number of anilines is 1. The Kier molecular flexibility index (Phi) is 4.39. The van der Waals surface area contributed by atoms with E-state index >= 15 is 0 Å². The van der Waals surface area contributed by atoms with E-state index < -0.39 is 22.8 Å². The third-order valence-corrected chi connectivity index (χ3v) is 5.12. The molecule has 1 saturated heterocycles. The zero-order valence-corrected chi connectivity index (χ0v) is 14.9. The lowest BCUT2D eigenvalue weighted by atomic mass is 9.79. The first-order chi connectivity index (χ1) is 12.2. The molecule has 4 N–H and O–H groups in total. The van der Waals surface area contributed by atoms with E-state index in [9.17, 15) is 14.0 Å². The molecule has 0 aliphatic carbocycles. The molecule has 1 aliphatic rings. The minimum absolute atomic E-state index is 0.00574. The van der Waals surface area contributed by atoms with Crippen LogP contribution in [0.2, 0.25) is 0 Å². The summed E-state index contributed by atoms with van der Waals surface area (Å²) in [5.74, 6) is -1.82. The van der Waals surface area contributed by atoms with Crippen molar-refractivity contribution in [1.29, 1.82) is 0 Å². The molecule has 1 fully saturated rings. The lowest BCUT2D eigenvalue weighted by molar-refractivity contribution is 0.0695. The summed E-state index contributed by atoms with van der Waals surface area (Å²) in [6.07, 6.45) is 1.80. The lowest BCUT2D eigenvalue weighted by Gasteiger charge is -2.44. The Morgan fingerprint density at radius 1 is 1.50 bits per heavy atom. The van der Waals surface area contributed by atoms with Crippen molar-refractivity contribution in [1.82, 2.24) is 4.98 Å². The van der Waals surface area contributed by atoms with Gasteiger partial charge in [0.2, 0.25) is 5.43 Å². The number of fused-ring (bicyclic) bond motifs is 1. The fourth-order valence-corrected chi connectivity index (χ4v) is 3.51. The van der Waals surface area contributed by atoms with E-state index in [1.165, 1.54) is 7.11 Å². The molecule has 2 aromatic rings. The van der Waals surface area contributed by atoms with E-state index in [1.54, 1.807) is 0 Å². The number of nitrogens with zero attached hydrogens (tertiary/aromatic N) is 1. The van der Waals surface area contributed by atoms with Gasteiger partial charge in [0.1, 0.15) is 11.3 Å². The first kappa shape index (κ1) is 18.2. The molecule has 140 valence electrons. The normalized spacial score (nSPS) is 19.6. The van der Waals surface area contributed by atoms with E-state index in [-0.39, 0.29) is 33.8 Å². The number of pyridine rings is 1. The zero-order chi connectivity index (χ0) is 19.2. The van der Waals surface area contributed by atoms with Crippen LogP contribution < -0.4 is 20.8 Å². The number of carbonyl (C=O) groups is 1. The molecule has 1 atom stereocenters. The highest BCUT2D eigenvalue weighted by atomic mass is 19.1. The van der Waals surface area contributed by atoms with Crippen LogP contribution in [0.4, 0.5) is 10.1 Å². The highest BCUT2D eigenvalue weighted by Gasteiger charge is 2.36. The Morgan fingerprint density at radius 2 is 2.19 bits per heavy atom. The Morgan fingerprint density at radius 3 is 2.77 bits per heavy atom. The number of rotatable bonds is 3. The minimum Gasteiger partial charge on any atom is -0.492 e. The van der Waals surface area contributed by atoms with Crippen LogP contribution in [0.3, 0.4) is 0 Å². The molecule has 0 bridgehead atoms. The van der Waals surface area contributed by atoms with E-state index in [2.05, 4.69) is 4.98 Å². The van der Waals surface area contributed by atoms with Crippen LogP contribution in [-0.4, -0.2) is 42.3 Å². The van der Waals surface area contributed by atoms with Crippen molar-refractivity contribution in [2.45, 2.75) is 26.3 Å². The molecule has 0 spiro atoms. The molecule has 1 aromatic heterocycles. The molecular weight excluding hydrogens is 341 g/mol. The zero-order valence-electron chi connectivity index (χ0n) is 14.9. The lowest BCUT2D eigenvalue weighted by Crippen LogP contribution is -2.52. The van der Waals surface area contributed by atoms with Crippen LogP contribution in [0.1, 0.15) is 30.6 Å². The monoisotopic (exact) mass is 363 g/mol. The number of piperidine rings is 1. The summed E-state index contributed by atoms with van der Waals surface area (Å²) in [5, 5.41) is 9.04. The smallest absolute Gasteiger partial charge is 0.341 e. The van der Waals surface area contributed by atoms with Gasteiger partial charge in [-0.3, -0.25) is 4.79 Å². The maximum absolute atomic E-state index is 15.0. The number of aromatic carboxylic acids is 1. The van der Waals surface area contributed by atoms with Gasteiger partial charge in [-0.1, -0.05) is 13.8 Å². The van der Waals surface area contributed by atoms with Gasteiger partial charge in [0, 0.05) is 25.3 Å². The van der Waals surface area contributed by atoms with Crippen LogP contribution in [0.25, 0.3) is 10.9 Å². The average molecular weight is 363 g/mol. The summed E-state index contributed by atoms with van der Waals surface area (Å²) in [6, 6.07) is 1.08. The second-order valence-corrected chi connectivity index (χ2v) is 7.30. The Labute approximate surface area is 149 Å². The molecule has 7 nitrogen and oxygen atoms in total. The van der Waals surface area contributed by atoms with Gasteiger partial charge >= 0.3 is 5.97 Å². The third-order valence-electron chi connectivity index (χ3n) is 5.12. The number of carboxylic acid groups (broad SMARTS) is 1. The SMILES string of the molecule is COc1c(N2CCC(N)C(C)(C)C2)c(F)cc2c(=O)c(C(=O)O)c[nH]c12. The first-order valence-corrected chi connectivity index (χ1v) is 8.33. The fraction of sp³-hybridized carbons (Fsp3) is 0.444. The van der Waals surface area contributed by atoms with Crippen LogP contribution in [0.15, 0.2) is 17.1 Å². The summed E-state index contributed by atoms with van der Waals surface area (Å²) >= 11 is 0. The van der Waals surface area contributed by atoms with E-state index in [4.69, 9.17) is 15.6 Å². The topological polar surface area (TPSA) is 109 Å². The van der Waals surface area contributed by atoms with Gasteiger partial charge in [-0.25, -0.2) is 9.18 Å². The van der Waals surface area contributed by atoms with Crippen molar-refractivity contribution in [3.63, 3.8) is 0 Å². The quantitative estimate of drug-likeness (QED) is 0.769. The summed E-state index contributed by atoms with van der Waals surface area (Å²) in [5.41, 5.74) is 5.26.